The summed E-state index contributed by atoms with van der Waals surface area (Å²) in [6.07, 6.45) is 1.40. The van der Waals surface area contributed by atoms with Gasteiger partial charge in [-0.05, 0) is 36.8 Å². The maximum Gasteiger partial charge on any atom is 0.151 e. The Morgan fingerprint density at radius 1 is 1.18 bits per heavy atom. The first-order chi connectivity index (χ1) is 13.5. The van der Waals surface area contributed by atoms with Crippen LogP contribution in [0.15, 0.2) is 42.6 Å². The Bertz CT molecular complexity index is 959. The first-order valence-electron chi connectivity index (χ1n) is 9.14. The number of aryl methyl sites for hydroxylation is 1. The van der Waals surface area contributed by atoms with E-state index in [9.17, 15) is 9.50 Å². The van der Waals surface area contributed by atoms with Gasteiger partial charge in [-0.1, -0.05) is 6.07 Å². The number of ether oxygens (including phenoxy) is 1. The number of benzene rings is 1. The van der Waals surface area contributed by atoms with Gasteiger partial charge in [-0.2, -0.15) is 5.10 Å². The Labute approximate surface area is 162 Å². The Balaban J connectivity index is 1.55. The quantitative estimate of drug-likeness (QED) is 0.747. The normalized spacial score (nSPS) is 19.5. The number of halogens is 1. The van der Waals surface area contributed by atoms with Crippen LogP contribution < -0.4 is 4.90 Å². The smallest absolute Gasteiger partial charge is 0.151 e. The molecule has 1 aliphatic heterocycles. The summed E-state index contributed by atoms with van der Waals surface area (Å²) in [6, 6.07) is 10.5. The summed E-state index contributed by atoms with van der Waals surface area (Å²) in [7, 11) is 3.66. The molecule has 28 heavy (non-hydrogen) atoms. The molecule has 3 heterocycles. The maximum atomic E-state index is 14.1. The topological polar surface area (TPSA) is 76.3 Å². The van der Waals surface area contributed by atoms with Gasteiger partial charge >= 0.3 is 0 Å². The highest BCUT2D eigenvalue weighted by atomic mass is 19.1. The minimum absolute atomic E-state index is 0.104. The molecule has 1 aromatic carbocycles. The monoisotopic (exact) mass is 383 g/mol. The molecule has 146 valence electrons. The molecule has 2 aromatic heterocycles. The second-order valence-electron chi connectivity index (χ2n) is 6.94. The number of hydrogen-bond donors (Lipinski definition) is 1. The maximum absolute atomic E-state index is 14.1. The number of phenolic OH excluding ortho intramolecular Hbond substituents is 1. The van der Waals surface area contributed by atoms with Gasteiger partial charge in [-0.3, -0.25) is 4.68 Å². The van der Waals surface area contributed by atoms with Crippen LogP contribution in [0.3, 0.4) is 0 Å². The number of aromatic hydroxyl groups is 1. The van der Waals surface area contributed by atoms with Crippen LogP contribution in [0.25, 0.3) is 22.5 Å². The van der Waals surface area contributed by atoms with Gasteiger partial charge < -0.3 is 14.7 Å². The summed E-state index contributed by atoms with van der Waals surface area (Å²) >= 11 is 0. The molecule has 3 aromatic rings. The lowest BCUT2D eigenvalue weighted by molar-refractivity contribution is 0.0225. The van der Waals surface area contributed by atoms with E-state index in [0.717, 1.165) is 11.3 Å². The Kier molecular flexibility index (Phi) is 4.95. The zero-order chi connectivity index (χ0) is 19.7. The average molecular weight is 383 g/mol. The van der Waals surface area contributed by atoms with Crippen molar-refractivity contribution in [3.05, 3.63) is 42.6 Å². The number of alkyl halides is 1. The fraction of sp³-hybridized carbons (Fsp3) is 0.350. The molecule has 0 amide bonds. The van der Waals surface area contributed by atoms with Gasteiger partial charge in [0.25, 0.3) is 0 Å². The predicted molar refractivity (Wildman–Crippen MR) is 104 cm³/mol. The molecule has 1 aliphatic rings. The summed E-state index contributed by atoms with van der Waals surface area (Å²) < 4.78 is 21.0. The summed E-state index contributed by atoms with van der Waals surface area (Å²) in [6.45, 7) is 0.647. The van der Waals surface area contributed by atoms with E-state index in [1.165, 1.54) is 0 Å². The van der Waals surface area contributed by atoms with E-state index in [0.29, 0.717) is 30.1 Å². The summed E-state index contributed by atoms with van der Waals surface area (Å²) in [5.74, 6) is 0.690. The summed E-state index contributed by atoms with van der Waals surface area (Å²) in [5, 5.41) is 23.3. The molecule has 1 fully saturated rings. The van der Waals surface area contributed by atoms with Crippen LogP contribution in [-0.4, -0.2) is 57.6 Å². The highest BCUT2D eigenvalue weighted by molar-refractivity contribution is 5.73. The zero-order valence-electron chi connectivity index (χ0n) is 15.8. The van der Waals surface area contributed by atoms with E-state index in [4.69, 9.17) is 4.74 Å². The van der Waals surface area contributed by atoms with Crippen molar-refractivity contribution in [2.75, 3.05) is 25.2 Å². The molecular weight excluding hydrogens is 361 g/mol. The number of hydrogen-bond acceptors (Lipinski definition) is 6. The molecule has 0 saturated carbocycles. The van der Waals surface area contributed by atoms with Gasteiger partial charge in [-0.15, -0.1) is 10.2 Å². The number of nitrogens with zero attached hydrogens (tertiary/aromatic N) is 5. The lowest BCUT2D eigenvalue weighted by Crippen LogP contribution is -2.45. The van der Waals surface area contributed by atoms with Crippen LogP contribution in [0.4, 0.5) is 10.2 Å². The second kappa shape index (κ2) is 7.55. The average Bonchev–Trinajstić information content (AvgIpc) is 3.14. The van der Waals surface area contributed by atoms with Gasteiger partial charge in [0, 0.05) is 38.0 Å². The Morgan fingerprint density at radius 2 is 2.04 bits per heavy atom. The van der Waals surface area contributed by atoms with E-state index in [2.05, 4.69) is 15.3 Å². The molecule has 4 rings (SSSR count). The fourth-order valence-electron chi connectivity index (χ4n) is 3.43. The third kappa shape index (κ3) is 3.55. The van der Waals surface area contributed by atoms with Crippen molar-refractivity contribution in [1.82, 2.24) is 20.0 Å². The van der Waals surface area contributed by atoms with Gasteiger partial charge in [0.05, 0.1) is 24.0 Å². The third-order valence-corrected chi connectivity index (χ3v) is 5.04. The molecular formula is C20H22FN5O2. The molecule has 0 radical (unpaired) electrons. The van der Waals surface area contributed by atoms with Crippen LogP contribution in [-0.2, 0) is 11.8 Å². The minimum atomic E-state index is -1.05. The molecule has 7 nitrogen and oxygen atoms in total. The lowest BCUT2D eigenvalue weighted by Gasteiger charge is -2.34. The second-order valence-corrected chi connectivity index (χ2v) is 6.94. The third-order valence-electron chi connectivity index (χ3n) is 5.04. The van der Waals surface area contributed by atoms with Crippen LogP contribution in [0.2, 0.25) is 0 Å². The molecule has 0 unspecified atom stereocenters. The fourth-order valence-corrected chi connectivity index (χ4v) is 3.43. The van der Waals surface area contributed by atoms with E-state index in [1.807, 2.05) is 32.4 Å². The molecule has 0 bridgehead atoms. The first kappa shape index (κ1) is 18.4. The summed E-state index contributed by atoms with van der Waals surface area (Å²) in [4.78, 5) is 1.80. The van der Waals surface area contributed by atoms with E-state index < -0.39 is 6.17 Å². The number of rotatable bonds is 4. The van der Waals surface area contributed by atoms with E-state index in [-0.39, 0.29) is 18.4 Å². The van der Waals surface area contributed by atoms with Crippen molar-refractivity contribution in [3.8, 4) is 28.3 Å². The highest BCUT2D eigenvalue weighted by Gasteiger charge is 2.29. The largest absolute Gasteiger partial charge is 0.507 e. The van der Waals surface area contributed by atoms with E-state index >= 15 is 0 Å². The Morgan fingerprint density at radius 3 is 2.68 bits per heavy atom. The predicted octanol–water partition coefficient (Wildman–Crippen LogP) is 2.81. The molecule has 1 saturated heterocycles. The number of anilines is 1. The lowest BCUT2D eigenvalue weighted by atomic mass is 10.0. The van der Waals surface area contributed by atoms with Crippen molar-refractivity contribution >= 4 is 5.82 Å². The first-order valence-corrected chi connectivity index (χ1v) is 9.14. The van der Waals surface area contributed by atoms with Crippen molar-refractivity contribution in [2.45, 2.75) is 18.6 Å². The van der Waals surface area contributed by atoms with Crippen molar-refractivity contribution in [3.63, 3.8) is 0 Å². The highest BCUT2D eigenvalue weighted by Crippen LogP contribution is 2.32. The number of phenols is 1. The SMILES string of the molecule is CN(c1ccc(-c2ccc(-c3ccn(C)n3)cc2O)nn1)[C@H]1CCOC[C@H]1F. The van der Waals surface area contributed by atoms with Crippen molar-refractivity contribution < 1.29 is 14.2 Å². The van der Waals surface area contributed by atoms with Crippen molar-refractivity contribution in [1.29, 1.82) is 0 Å². The van der Waals surface area contributed by atoms with Crippen LogP contribution in [0.1, 0.15) is 6.42 Å². The standard InChI is InChI=1S/C20H22FN5O2/c1-25-9-7-16(24-25)13-3-4-14(19(27)11-13)17-5-6-20(23-22-17)26(2)18-8-10-28-12-15(18)21/h3-7,9,11,15,18,27H,8,10,12H2,1-2H3/t15-,18+/m1/s1. The van der Waals surface area contributed by atoms with Gasteiger partial charge in [0.1, 0.15) is 11.9 Å². The molecule has 0 spiro atoms. The zero-order valence-corrected chi connectivity index (χ0v) is 15.8. The molecule has 8 heteroatoms. The van der Waals surface area contributed by atoms with Crippen LogP contribution in [0, 0.1) is 0 Å². The minimum Gasteiger partial charge on any atom is -0.507 e. The van der Waals surface area contributed by atoms with E-state index in [1.54, 1.807) is 33.8 Å². The van der Waals surface area contributed by atoms with Crippen LogP contribution in [0.5, 0.6) is 5.75 Å². The van der Waals surface area contributed by atoms with Crippen molar-refractivity contribution in [2.24, 2.45) is 7.05 Å². The molecule has 0 aliphatic carbocycles. The summed E-state index contributed by atoms with van der Waals surface area (Å²) in [5.41, 5.74) is 2.73. The van der Waals surface area contributed by atoms with Gasteiger partial charge in [0.2, 0.25) is 0 Å². The molecule has 2 atom stereocenters. The molecule has 1 N–H and O–H groups in total. The Hall–Kier alpha value is -3.00. The van der Waals surface area contributed by atoms with Gasteiger partial charge in [0.15, 0.2) is 5.82 Å². The number of aromatic nitrogens is 4. The van der Waals surface area contributed by atoms with Gasteiger partial charge in [-0.25, -0.2) is 4.39 Å². The van der Waals surface area contributed by atoms with Crippen LogP contribution >= 0.6 is 0 Å².